The third-order valence-corrected chi connectivity index (χ3v) is 6.14. The minimum absolute atomic E-state index is 0.0620. The van der Waals surface area contributed by atoms with E-state index in [1.807, 2.05) is 24.3 Å². The van der Waals surface area contributed by atoms with E-state index in [1.54, 1.807) is 24.7 Å². The van der Waals surface area contributed by atoms with E-state index in [4.69, 9.17) is 32.2 Å². The Balaban J connectivity index is 2.12. The van der Waals surface area contributed by atoms with E-state index >= 15 is 0 Å². The number of hydrogen-bond donors (Lipinski definition) is 0. The first-order valence-electron chi connectivity index (χ1n) is 8.00. The van der Waals surface area contributed by atoms with Crippen LogP contribution in [-0.4, -0.2) is 32.7 Å². The quantitative estimate of drug-likeness (QED) is 0.428. The molecule has 7 nitrogen and oxygen atoms in total. The van der Waals surface area contributed by atoms with Crippen LogP contribution in [0.5, 0.6) is 0 Å². The number of aromatic nitrogens is 4. The molecular weight excluding hydrogens is 398 g/mol. The molecule has 0 atom stereocenters. The first kappa shape index (κ1) is 19.3. The fourth-order valence-corrected chi connectivity index (χ4v) is 4.57. The van der Waals surface area contributed by atoms with Crippen LogP contribution in [-0.2, 0) is 20.2 Å². The maximum absolute atomic E-state index is 13.1. The van der Waals surface area contributed by atoms with Crippen molar-refractivity contribution in [2.24, 2.45) is 0 Å². The Bertz CT molecular complexity index is 969. The summed E-state index contributed by atoms with van der Waals surface area (Å²) in [4.78, 5) is 12.6. The van der Waals surface area contributed by atoms with Crippen LogP contribution in [0.25, 0.3) is 11.2 Å². The largest absolute Gasteiger partial charge is 0.382 e. The molecule has 2 heterocycles. The zero-order valence-corrected chi connectivity index (χ0v) is 16.6. The predicted molar refractivity (Wildman–Crippen MR) is 101 cm³/mol. The van der Waals surface area contributed by atoms with Gasteiger partial charge in [0.25, 0.3) is 0 Å². The van der Waals surface area contributed by atoms with Crippen LogP contribution in [0.4, 0.5) is 0 Å². The maximum Gasteiger partial charge on any atom is 0.382 e. The molecule has 1 aromatic carbocycles. The van der Waals surface area contributed by atoms with Crippen molar-refractivity contribution in [3.05, 3.63) is 46.5 Å². The highest BCUT2D eigenvalue weighted by Gasteiger charge is 2.33. The summed E-state index contributed by atoms with van der Waals surface area (Å²) in [6.07, 6.45) is 1.57. The molecule has 3 aromatic rings. The van der Waals surface area contributed by atoms with Crippen molar-refractivity contribution in [2.45, 2.75) is 20.4 Å². The normalized spacial score (nSPS) is 12.0. The van der Waals surface area contributed by atoms with Gasteiger partial charge in [-0.05, 0) is 37.1 Å². The van der Waals surface area contributed by atoms with Crippen LogP contribution in [0.3, 0.4) is 0 Å². The molecule has 0 fully saturated rings. The smallest absolute Gasteiger partial charge is 0.311 e. The average molecular weight is 415 g/mol. The van der Waals surface area contributed by atoms with Gasteiger partial charge in [0.1, 0.15) is 5.52 Å². The Morgan fingerprint density at radius 3 is 2.46 bits per heavy atom. The Labute approximate surface area is 160 Å². The lowest BCUT2D eigenvalue weighted by Crippen LogP contribution is -2.17. The summed E-state index contributed by atoms with van der Waals surface area (Å²) in [7, 11) is -3.66. The monoisotopic (exact) mass is 414 g/mol. The predicted octanol–water partition coefficient (Wildman–Crippen LogP) is 4.07. The average Bonchev–Trinajstić information content (AvgIpc) is 2.99. The van der Waals surface area contributed by atoms with E-state index in [9.17, 15) is 4.57 Å². The van der Waals surface area contributed by atoms with Crippen LogP contribution in [0.1, 0.15) is 19.4 Å². The summed E-state index contributed by atoms with van der Waals surface area (Å²) in [5, 5.41) is 0.567. The molecule has 0 aliphatic rings. The fourth-order valence-electron chi connectivity index (χ4n) is 2.52. The van der Waals surface area contributed by atoms with Gasteiger partial charge in [0.05, 0.1) is 26.1 Å². The molecule has 0 bridgehead atoms. The second-order valence-electron chi connectivity index (χ2n) is 5.29. The van der Waals surface area contributed by atoms with Gasteiger partial charge in [0.15, 0.2) is 11.1 Å². The Morgan fingerprint density at radius 2 is 1.81 bits per heavy atom. The first-order chi connectivity index (χ1) is 12.5. The van der Waals surface area contributed by atoms with E-state index in [1.165, 1.54) is 0 Å². The van der Waals surface area contributed by atoms with Gasteiger partial charge in [-0.2, -0.15) is 4.98 Å². The van der Waals surface area contributed by atoms with Gasteiger partial charge in [-0.15, -0.1) is 0 Å². The molecule has 2 aromatic heterocycles. The number of rotatable bonds is 7. The molecule has 10 heteroatoms. The topological polar surface area (TPSA) is 79.1 Å². The van der Waals surface area contributed by atoms with E-state index in [2.05, 4.69) is 15.0 Å². The fraction of sp³-hybridized carbons (Fsp3) is 0.312. The standard InChI is InChI=1S/C16H17Cl2N4O3P/c1-3-24-26(23,25-4-2)15-13-14(20-16(18)21-15)22(10-19-13)9-11-7-5-6-8-12(11)17/h5-8,10H,3-4,9H2,1-2H3. The molecule has 0 unspecified atom stereocenters. The number of imidazole rings is 1. The highest BCUT2D eigenvalue weighted by Crippen LogP contribution is 2.47. The summed E-state index contributed by atoms with van der Waals surface area (Å²) < 4.78 is 25.7. The van der Waals surface area contributed by atoms with Crippen molar-refractivity contribution < 1.29 is 13.6 Å². The van der Waals surface area contributed by atoms with Crippen LogP contribution < -0.4 is 5.44 Å². The van der Waals surface area contributed by atoms with E-state index < -0.39 is 7.60 Å². The molecule has 26 heavy (non-hydrogen) atoms. The number of fused-ring (bicyclic) bond motifs is 1. The van der Waals surface area contributed by atoms with Gasteiger partial charge in [-0.1, -0.05) is 29.8 Å². The molecule has 0 radical (unpaired) electrons. The van der Waals surface area contributed by atoms with E-state index in [0.29, 0.717) is 22.7 Å². The van der Waals surface area contributed by atoms with Gasteiger partial charge in [-0.3, -0.25) is 4.57 Å². The maximum atomic E-state index is 13.1. The lowest BCUT2D eigenvalue weighted by Gasteiger charge is -2.16. The molecule has 0 N–H and O–H groups in total. The molecule has 0 saturated carbocycles. The third kappa shape index (κ3) is 3.77. The van der Waals surface area contributed by atoms with Crippen molar-refractivity contribution in [1.29, 1.82) is 0 Å². The second-order valence-corrected chi connectivity index (χ2v) is 7.97. The Hall–Kier alpha value is -1.50. The van der Waals surface area contributed by atoms with Gasteiger partial charge in [0, 0.05) is 5.02 Å². The van der Waals surface area contributed by atoms with Crippen molar-refractivity contribution in [3.8, 4) is 0 Å². The van der Waals surface area contributed by atoms with Crippen molar-refractivity contribution in [1.82, 2.24) is 19.5 Å². The molecule has 3 rings (SSSR count). The zero-order chi connectivity index (χ0) is 18.7. The Morgan fingerprint density at radius 1 is 1.12 bits per heavy atom. The van der Waals surface area contributed by atoms with Crippen LogP contribution in [0, 0.1) is 0 Å². The van der Waals surface area contributed by atoms with E-state index in [-0.39, 0.29) is 23.9 Å². The van der Waals surface area contributed by atoms with Crippen molar-refractivity contribution in [2.75, 3.05) is 13.2 Å². The molecule has 0 saturated heterocycles. The van der Waals surface area contributed by atoms with Crippen LogP contribution >= 0.6 is 30.8 Å². The minimum Gasteiger partial charge on any atom is -0.311 e. The zero-order valence-electron chi connectivity index (χ0n) is 14.2. The minimum atomic E-state index is -3.66. The molecule has 0 spiro atoms. The molecule has 0 amide bonds. The molecule has 138 valence electrons. The molecule has 0 aliphatic heterocycles. The van der Waals surface area contributed by atoms with Gasteiger partial charge in [0.2, 0.25) is 5.28 Å². The second kappa shape index (κ2) is 8.03. The summed E-state index contributed by atoms with van der Waals surface area (Å²) in [6.45, 7) is 4.27. The van der Waals surface area contributed by atoms with Gasteiger partial charge in [-0.25, -0.2) is 9.97 Å². The molecule has 0 aliphatic carbocycles. The van der Waals surface area contributed by atoms with Crippen LogP contribution in [0.15, 0.2) is 30.6 Å². The summed E-state index contributed by atoms with van der Waals surface area (Å²) in [5.41, 5.74) is 1.71. The van der Waals surface area contributed by atoms with Gasteiger partial charge >= 0.3 is 7.60 Å². The van der Waals surface area contributed by atoms with Crippen molar-refractivity contribution in [3.63, 3.8) is 0 Å². The summed E-state index contributed by atoms with van der Waals surface area (Å²) in [6, 6.07) is 7.46. The Kier molecular flexibility index (Phi) is 5.95. The summed E-state index contributed by atoms with van der Waals surface area (Å²) >= 11 is 12.3. The summed E-state index contributed by atoms with van der Waals surface area (Å²) in [5.74, 6) is 0. The van der Waals surface area contributed by atoms with E-state index in [0.717, 1.165) is 5.56 Å². The van der Waals surface area contributed by atoms with Gasteiger partial charge < -0.3 is 13.6 Å². The first-order valence-corrected chi connectivity index (χ1v) is 10.3. The van der Waals surface area contributed by atoms with Crippen LogP contribution in [0.2, 0.25) is 10.3 Å². The SMILES string of the molecule is CCOP(=O)(OCC)c1nc(Cl)nc2c1ncn2Cc1ccccc1Cl. The third-order valence-electron chi connectivity index (χ3n) is 3.57. The van der Waals surface area contributed by atoms with Crippen molar-refractivity contribution >= 4 is 47.4 Å². The highest BCUT2D eigenvalue weighted by molar-refractivity contribution is 7.62. The number of nitrogens with zero attached hydrogens (tertiary/aromatic N) is 4. The lowest BCUT2D eigenvalue weighted by molar-refractivity contribution is 0.229. The highest BCUT2D eigenvalue weighted by atomic mass is 35.5. The molecular formula is C16H17Cl2N4O3P. The number of hydrogen-bond acceptors (Lipinski definition) is 6. The number of halogens is 2. The lowest BCUT2D eigenvalue weighted by atomic mass is 10.2. The number of benzene rings is 1.